The summed E-state index contributed by atoms with van der Waals surface area (Å²) in [4.78, 5) is 16.6. The summed E-state index contributed by atoms with van der Waals surface area (Å²) in [7, 11) is 3.85. The zero-order valence-corrected chi connectivity index (χ0v) is 12.5. The van der Waals surface area contributed by atoms with Gasteiger partial charge in [-0.15, -0.1) is 0 Å². The summed E-state index contributed by atoms with van der Waals surface area (Å²) in [5, 5.41) is 0. The largest absolute Gasteiger partial charge is 0.495 e. The fraction of sp³-hybridized carbons (Fsp3) is 0.562. The first-order chi connectivity index (χ1) is 9.60. The fourth-order valence-electron chi connectivity index (χ4n) is 3.14. The molecule has 0 amide bonds. The number of methoxy groups -OCH3 is 1. The van der Waals surface area contributed by atoms with Gasteiger partial charge in [-0.1, -0.05) is 0 Å². The van der Waals surface area contributed by atoms with Gasteiger partial charge in [-0.3, -0.25) is 4.79 Å². The molecular formula is C16H22N2O2. The van der Waals surface area contributed by atoms with Crippen LogP contribution in [0.3, 0.4) is 0 Å². The molecule has 108 valence electrons. The van der Waals surface area contributed by atoms with Crippen molar-refractivity contribution in [2.75, 3.05) is 38.7 Å². The molecule has 0 aromatic heterocycles. The Morgan fingerprint density at radius 2 is 2.05 bits per heavy atom. The van der Waals surface area contributed by atoms with Crippen LogP contribution in [0.25, 0.3) is 0 Å². The second-order valence-corrected chi connectivity index (χ2v) is 5.88. The van der Waals surface area contributed by atoms with Gasteiger partial charge >= 0.3 is 0 Å². The van der Waals surface area contributed by atoms with Crippen molar-refractivity contribution < 1.29 is 9.53 Å². The minimum atomic E-state index is 0.247. The third-order valence-electron chi connectivity index (χ3n) is 4.63. The van der Waals surface area contributed by atoms with Crippen molar-refractivity contribution in [1.29, 1.82) is 0 Å². The molecule has 1 aliphatic carbocycles. The number of piperazine rings is 1. The van der Waals surface area contributed by atoms with E-state index >= 15 is 0 Å². The van der Waals surface area contributed by atoms with Gasteiger partial charge in [-0.25, -0.2) is 0 Å². The summed E-state index contributed by atoms with van der Waals surface area (Å²) in [5.41, 5.74) is 3.17. The third kappa shape index (κ3) is 2.18. The standard InChI is InChI=1S/C16H22N2O2/c1-11-10-18(7-6-17(11)2)14-8-12-4-5-15(19)13(12)9-16(14)20-3/h8-9,11H,4-7,10H2,1-3H3. The number of likely N-dealkylation sites (N-methyl/N-ethyl adjacent to an activating group) is 1. The van der Waals surface area contributed by atoms with Crippen molar-refractivity contribution in [3.8, 4) is 5.75 Å². The quantitative estimate of drug-likeness (QED) is 0.825. The molecule has 1 unspecified atom stereocenters. The Morgan fingerprint density at radius 1 is 1.25 bits per heavy atom. The van der Waals surface area contributed by atoms with E-state index in [4.69, 9.17) is 4.74 Å². The monoisotopic (exact) mass is 274 g/mol. The van der Waals surface area contributed by atoms with Crippen molar-refractivity contribution in [1.82, 2.24) is 4.90 Å². The topological polar surface area (TPSA) is 32.8 Å². The van der Waals surface area contributed by atoms with Gasteiger partial charge in [0.25, 0.3) is 0 Å². The van der Waals surface area contributed by atoms with Crippen molar-refractivity contribution in [3.63, 3.8) is 0 Å². The van der Waals surface area contributed by atoms with Gasteiger partial charge < -0.3 is 14.5 Å². The Hall–Kier alpha value is -1.55. The first kappa shape index (κ1) is 13.4. The number of aryl methyl sites for hydroxylation is 1. The zero-order valence-electron chi connectivity index (χ0n) is 12.5. The van der Waals surface area contributed by atoms with Crippen LogP contribution in [0.5, 0.6) is 5.75 Å². The molecule has 1 aromatic carbocycles. The maximum atomic E-state index is 11.8. The molecule has 4 heteroatoms. The van der Waals surface area contributed by atoms with Crippen LogP contribution < -0.4 is 9.64 Å². The van der Waals surface area contributed by atoms with Gasteiger partial charge in [0.05, 0.1) is 12.8 Å². The van der Waals surface area contributed by atoms with Gasteiger partial charge in [-0.2, -0.15) is 0 Å². The number of nitrogens with zero attached hydrogens (tertiary/aromatic N) is 2. The number of carbonyl (C=O) groups excluding carboxylic acids is 1. The molecule has 0 saturated carbocycles. The number of hydrogen-bond donors (Lipinski definition) is 0. The number of benzene rings is 1. The minimum absolute atomic E-state index is 0.247. The number of ketones is 1. The molecule has 0 radical (unpaired) electrons. The van der Waals surface area contributed by atoms with Crippen LogP contribution in [0.4, 0.5) is 5.69 Å². The molecule has 1 aromatic rings. The molecule has 3 rings (SSSR count). The zero-order chi connectivity index (χ0) is 14.3. The second-order valence-electron chi connectivity index (χ2n) is 5.88. The van der Waals surface area contributed by atoms with Crippen LogP contribution >= 0.6 is 0 Å². The van der Waals surface area contributed by atoms with E-state index in [0.717, 1.165) is 43.1 Å². The highest BCUT2D eigenvalue weighted by Gasteiger charge is 2.27. The van der Waals surface area contributed by atoms with E-state index in [2.05, 4.69) is 29.8 Å². The number of ether oxygens (including phenoxy) is 1. The number of fused-ring (bicyclic) bond motifs is 1. The summed E-state index contributed by atoms with van der Waals surface area (Å²) in [5.74, 6) is 1.08. The molecule has 4 nitrogen and oxygen atoms in total. The van der Waals surface area contributed by atoms with Gasteiger partial charge in [0, 0.05) is 37.7 Å². The maximum absolute atomic E-state index is 11.8. The van der Waals surface area contributed by atoms with E-state index in [1.54, 1.807) is 7.11 Å². The highest BCUT2D eigenvalue weighted by molar-refractivity contribution is 6.01. The van der Waals surface area contributed by atoms with E-state index < -0.39 is 0 Å². The summed E-state index contributed by atoms with van der Waals surface area (Å²) in [6.07, 6.45) is 1.51. The third-order valence-corrected chi connectivity index (χ3v) is 4.63. The lowest BCUT2D eigenvalue weighted by Gasteiger charge is -2.39. The normalized spacial score (nSPS) is 23.1. The summed E-state index contributed by atoms with van der Waals surface area (Å²) in [6.45, 7) is 5.30. The Bertz CT molecular complexity index is 542. The smallest absolute Gasteiger partial charge is 0.163 e. The van der Waals surface area contributed by atoms with Gasteiger partial charge in [-0.05, 0) is 38.1 Å². The molecule has 1 atom stereocenters. The average Bonchev–Trinajstić information content (AvgIpc) is 2.81. The highest BCUT2D eigenvalue weighted by atomic mass is 16.5. The lowest BCUT2D eigenvalue weighted by Crippen LogP contribution is -2.50. The van der Waals surface area contributed by atoms with E-state index in [0.29, 0.717) is 12.5 Å². The number of anilines is 1. The lowest BCUT2D eigenvalue weighted by molar-refractivity contribution is 0.0994. The summed E-state index contributed by atoms with van der Waals surface area (Å²) >= 11 is 0. The number of rotatable bonds is 2. The van der Waals surface area contributed by atoms with Crippen LogP contribution in [0.15, 0.2) is 12.1 Å². The Kier molecular flexibility index (Phi) is 3.42. The number of carbonyl (C=O) groups is 1. The molecule has 1 aliphatic heterocycles. The molecule has 1 heterocycles. The van der Waals surface area contributed by atoms with Crippen molar-refractivity contribution in [3.05, 3.63) is 23.3 Å². The highest BCUT2D eigenvalue weighted by Crippen LogP contribution is 2.36. The predicted molar refractivity (Wildman–Crippen MR) is 80.0 cm³/mol. The molecule has 2 aliphatic rings. The van der Waals surface area contributed by atoms with E-state index in [1.165, 1.54) is 5.56 Å². The van der Waals surface area contributed by atoms with Gasteiger partial charge in [0.15, 0.2) is 5.78 Å². The molecule has 20 heavy (non-hydrogen) atoms. The maximum Gasteiger partial charge on any atom is 0.163 e. The Balaban J connectivity index is 1.95. The Morgan fingerprint density at radius 3 is 2.75 bits per heavy atom. The van der Waals surface area contributed by atoms with Crippen molar-refractivity contribution >= 4 is 11.5 Å². The predicted octanol–water partition coefficient (Wildman–Crippen LogP) is 1.96. The van der Waals surface area contributed by atoms with E-state index in [1.807, 2.05) is 6.07 Å². The van der Waals surface area contributed by atoms with Crippen LogP contribution in [0.2, 0.25) is 0 Å². The molecule has 0 N–H and O–H groups in total. The first-order valence-corrected chi connectivity index (χ1v) is 7.29. The van der Waals surface area contributed by atoms with Crippen molar-refractivity contribution in [2.24, 2.45) is 0 Å². The van der Waals surface area contributed by atoms with Crippen LogP contribution in [0.1, 0.15) is 29.3 Å². The van der Waals surface area contributed by atoms with E-state index in [9.17, 15) is 4.79 Å². The summed E-state index contributed by atoms with van der Waals surface area (Å²) in [6, 6.07) is 4.63. The van der Waals surface area contributed by atoms with Crippen molar-refractivity contribution in [2.45, 2.75) is 25.8 Å². The SMILES string of the molecule is COc1cc2c(cc1N1CCN(C)C(C)C1)CCC2=O. The molecule has 0 spiro atoms. The minimum Gasteiger partial charge on any atom is -0.495 e. The molecular weight excluding hydrogens is 252 g/mol. The van der Waals surface area contributed by atoms with Crippen LogP contribution in [0, 0.1) is 0 Å². The molecule has 0 bridgehead atoms. The lowest BCUT2D eigenvalue weighted by atomic mass is 10.1. The fourth-order valence-corrected chi connectivity index (χ4v) is 3.14. The van der Waals surface area contributed by atoms with Gasteiger partial charge in [0.2, 0.25) is 0 Å². The second kappa shape index (κ2) is 5.09. The van der Waals surface area contributed by atoms with E-state index in [-0.39, 0.29) is 5.78 Å². The Labute approximate surface area is 120 Å². The van der Waals surface area contributed by atoms with Crippen LogP contribution in [-0.4, -0.2) is 50.5 Å². The van der Waals surface area contributed by atoms with Gasteiger partial charge in [0.1, 0.15) is 5.75 Å². The summed E-state index contributed by atoms with van der Waals surface area (Å²) < 4.78 is 5.53. The molecule has 1 fully saturated rings. The number of hydrogen-bond acceptors (Lipinski definition) is 4. The first-order valence-electron chi connectivity index (χ1n) is 7.29. The molecule has 1 saturated heterocycles. The average molecular weight is 274 g/mol. The van der Waals surface area contributed by atoms with Crippen LogP contribution in [-0.2, 0) is 6.42 Å². The number of Topliss-reactive ketones (excluding diaryl/α,β-unsaturated/α-hetero) is 1.